The number of nitrogens with zero attached hydrogens (tertiary/aromatic N) is 1. The van der Waals surface area contributed by atoms with E-state index in [2.05, 4.69) is 46.7 Å². The first kappa shape index (κ1) is 21.3. The van der Waals surface area contributed by atoms with Gasteiger partial charge < -0.3 is 9.84 Å². The average molecular weight is 620 g/mol. The Morgan fingerprint density at radius 3 is 2.54 bits per heavy atom. The first-order chi connectivity index (χ1) is 13.2. The molecule has 0 unspecified atom stereocenters. The molecule has 2 N–H and O–H groups in total. The van der Waals surface area contributed by atoms with E-state index >= 15 is 0 Å². The molecule has 1 heterocycles. The second-order valence-electron chi connectivity index (χ2n) is 6.63. The summed E-state index contributed by atoms with van der Waals surface area (Å²) in [5, 5.41) is 15.4. The van der Waals surface area contributed by atoms with Crippen molar-refractivity contribution in [2.75, 3.05) is 12.4 Å². The summed E-state index contributed by atoms with van der Waals surface area (Å²) in [4.78, 5) is 17.2. The van der Waals surface area contributed by atoms with Crippen molar-refractivity contribution in [3.8, 4) is 11.5 Å². The minimum atomic E-state index is -0.378. The first-order valence-corrected chi connectivity index (χ1v) is 11.4. The van der Waals surface area contributed by atoms with Gasteiger partial charge in [-0.2, -0.15) is 0 Å². The Bertz CT molecular complexity index is 1020. The van der Waals surface area contributed by atoms with Crippen LogP contribution in [0.3, 0.4) is 0 Å². The third-order valence-corrected chi connectivity index (χ3v) is 6.65. The van der Waals surface area contributed by atoms with Crippen molar-refractivity contribution in [2.24, 2.45) is 0 Å². The minimum absolute atomic E-state index is 0.0196. The number of methoxy groups -OCH3 is 1. The van der Waals surface area contributed by atoms with Crippen molar-refractivity contribution in [3.05, 3.63) is 65.7 Å². The van der Waals surface area contributed by atoms with Crippen LogP contribution in [-0.4, -0.2) is 23.1 Å². The third-order valence-electron chi connectivity index (χ3n) is 4.45. The van der Waals surface area contributed by atoms with Crippen LogP contribution >= 0.6 is 56.5 Å². The Hall–Kier alpha value is -1.40. The van der Waals surface area contributed by atoms with E-state index in [-0.39, 0.29) is 22.6 Å². The Morgan fingerprint density at radius 1 is 1.21 bits per heavy atom. The molecule has 0 spiro atoms. The summed E-state index contributed by atoms with van der Waals surface area (Å²) < 4.78 is 6.74. The molecule has 0 radical (unpaired) electrons. The number of carbonyl (C=O) groups is 1. The van der Waals surface area contributed by atoms with Crippen molar-refractivity contribution < 1.29 is 14.6 Å². The van der Waals surface area contributed by atoms with E-state index in [1.807, 2.05) is 58.3 Å². The lowest BCUT2D eigenvalue weighted by atomic mass is 9.82. The highest BCUT2D eigenvalue weighted by Crippen LogP contribution is 2.35. The number of aromatic hydroxyl groups is 1. The van der Waals surface area contributed by atoms with E-state index in [0.717, 1.165) is 20.6 Å². The molecule has 0 atom stereocenters. The highest BCUT2D eigenvalue weighted by atomic mass is 127. The van der Waals surface area contributed by atoms with Crippen LogP contribution in [0.25, 0.3) is 0 Å². The third kappa shape index (κ3) is 4.43. The number of nitrogens with one attached hydrogen (secondary N) is 1. The fourth-order valence-corrected chi connectivity index (χ4v) is 5.40. The number of amides is 1. The second kappa shape index (κ2) is 8.54. The van der Waals surface area contributed by atoms with Gasteiger partial charge in [0.25, 0.3) is 5.91 Å². The molecular formula is C20H18I2N2O3S. The smallest absolute Gasteiger partial charge is 0.261 e. The number of phenols is 1. The van der Waals surface area contributed by atoms with Crippen molar-refractivity contribution in [3.63, 3.8) is 0 Å². The summed E-state index contributed by atoms with van der Waals surface area (Å²) >= 11 is 5.49. The standard InChI is InChI=1S/C20H18I2N2O3S/c1-20(2,11-4-6-13(27-3)7-5-11)16-10-28-19(23-16)24-18(26)14-8-12(21)9-15(22)17(14)25/h4-10,25H,1-3H3,(H,23,24,26). The second-order valence-corrected chi connectivity index (χ2v) is 9.90. The van der Waals surface area contributed by atoms with E-state index in [1.165, 1.54) is 11.3 Å². The predicted molar refractivity (Wildman–Crippen MR) is 129 cm³/mol. The van der Waals surface area contributed by atoms with E-state index in [9.17, 15) is 9.90 Å². The maximum atomic E-state index is 12.6. The summed E-state index contributed by atoms with van der Waals surface area (Å²) in [6, 6.07) is 11.3. The summed E-state index contributed by atoms with van der Waals surface area (Å²) in [5.41, 5.74) is 1.87. The van der Waals surface area contributed by atoms with E-state index in [1.54, 1.807) is 13.2 Å². The summed E-state index contributed by atoms with van der Waals surface area (Å²) in [5.74, 6) is 0.406. The van der Waals surface area contributed by atoms with Gasteiger partial charge in [-0.3, -0.25) is 10.1 Å². The number of carbonyl (C=O) groups excluding carboxylic acids is 1. The maximum Gasteiger partial charge on any atom is 0.261 e. The summed E-state index contributed by atoms with van der Waals surface area (Å²) in [6.45, 7) is 4.17. The molecule has 3 rings (SSSR count). The van der Waals surface area contributed by atoms with Gasteiger partial charge in [-0.05, 0) is 75.0 Å². The molecule has 28 heavy (non-hydrogen) atoms. The molecule has 0 saturated carbocycles. The Balaban J connectivity index is 1.82. The molecule has 3 aromatic rings. The molecule has 0 bridgehead atoms. The highest BCUT2D eigenvalue weighted by Gasteiger charge is 2.27. The number of aromatic nitrogens is 1. The fourth-order valence-electron chi connectivity index (χ4n) is 2.68. The van der Waals surface area contributed by atoms with E-state index in [4.69, 9.17) is 4.74 Å². The lowest BCUT2D eigenvalue weighted by Gasteiger charge is -2.23. The number of hydrogen-bond acceptors (Lipinski definition) is 5. The molecule has 0 fully saturated rings. The lowest BCUT2D eigenvalue weighted by Crippen LogP contribution is -2.20. The SMILES string of the molecule is COc1ccc(C(C)(C)c2csc(NC(=O)c3cc(I)cc(I)c3O)n2)cc1. The zero-order chi connectivity index (χ0) is 20.5. The quantitative estimate of drug-likeness (QED) is 0.363. The van der Waals surface area contributed by atoms with Crippen LogP contribution in [-0.2, 0) is 5.41 Å². The number of hydrogen-bond donors (Lipinski definition) is 2. The minimum Gasteiger partial charge on any atom is -0.506 e. The van der Waals surface area contributed by atoms with E-state index in [0.29, 0.717) is 8.70 Å². The van der Waals surface area contributed by atoms with Gasteiger partial charge >= 0.3 is 0 Å². The molecule has 146 valence electrons. The number of halogens is 2. The van der Waals surface area contributed by atoms with Crippen molar-refractivity contribution >= 4 is 67.6 Å². The molecule has 5 nitrogen and oxygen atoms in total. The molecule has 8 heteroatoms. The monoisotopic (exact) mass is 620 g/mol. The maximum absolute atomic E-state index is 12.6. The number of rotatable bonds is 5. The highest BCUT2D eigenvalue weighted by molar-refractivity contribution is 14.1. The normalized spacial score (nSPS) is 11.3. The zero-order valence-electron chi connectivity index (χ0n) is 15.4. The van der Waals surface area contributed by atoms with Gasteiger partial charge in [0.15, 0.2) is 5.13 Å². The van der Waals surface area contributed by atoms with Crippen molar-refractivity contribution in [2.45, 2.75) is 19.3 Å². The number of thiazole rings is 1. The molecule has 1 aromatic heterocycles. The van der Waals surface area contributed by atoms with Crippen LogP contribution in [0.1, 0.15) is 35.5 Å². The molecule has 1 amide bonds. The molecule has 0 saturated heterocycles. The number of phenolic OH excluding ortho intramolecular Hbond substituents is 1. The van der Waals surface area contributed by atoms with Crippen LogP contribution in [0.5, 0.6) is 11.5 Å². The van der Waals surface area contributed by atoms with Crippen LogP contribution < -0.4 is 10.1 Å². The van der Waals surface area contributed by atoms with Gasteiger partial charge in [0, 0.05) is 14.4 Å². The van der Waals surface area contributed by atoms with Crippen LogP contribution in [0.2, 0.25) is 0 Å². The van der Waals surface area contributed by atoms with Gasteiger partial charge in [0.1, 0.15) is 11.5 Å². The van der Waals surface area contributed by atoms with Crippen LogP contribution in [0, 0.1) is 7.14 Å². The Kier molecular flexibility index (Phi) is 6.50. The molecule has 2 aromatic carbocycles. The van der Waals surface area contributed by atoms with Crippen molar-refractivity contribution in [1.82, 2.24) is 4.98 Å². The number of ether oxygens (including phenoxy) is 1. The fraction of sp³-hybridized carbons (Fsp3) is 0.200. The topological polar surface area (TPSA) is 71.5 Å². The molecule has 0 aliphatic heterocycles. The zero-order valence-corrected chi connectivity index (χ0v) is 20.5. The number of benzene rings is 2. The van der Waals surface area contributed by atoms with Crippen LogP contribution in [0.4, 0.5) is 5.13 Å². The van der Waals surface area contributed by atoms with E-state index < -0.39 is 0 Å². The van der Waals surface area contributed by atoms with Crippen LogP contribution in [0.15, 0.2) is 41.8 Å². The van der Waals surface area contributed by atoms with Gasteiger partial charge in [0.2, 0.25) is 0 Å². The van der Waals surface area contributed by atoms with Gasteiger partial charge in [-0.1, -0.05) is 26.0 Å². The molecule has 0 aliphatic rings. The van der Waals surface area contributed by atoms with Gasteiger partial charge in [-0.15, -0.1) is 11.3 Å². The first-order valence-electron chi connectivity index (χ1n) is 8.32. The Labute approximate surface area is 194 Å². The largest absolute Gasteiger partial charge is 0.506 e. The lowest BCUT2D eigenvalue weighted by molar-refractivity contribution is 0.102. The summed E-state index contributed by atoms with van der Waals surface area (Å²) in [7, 11) is 1.64. The average Bonchev–Trinajstić information content (AvgIpc) is 3.14. The summed E-state index contributed by atoms with van der Waals surface area (Å²) in [6.07, 6.45) is 0. The molecule has 0 aliphatic carbocycles. The number of anilines is 1. The van der Waals surface area contributed by atoms with Crippen molar-refractivity contribution in [1.29, 1.82) is 0 Å². The predicted octanol–water partition coefficient (Wildman–Crippen LogP) is 5.64. The molecular weight excluding hydrogens is 602 g/mol. The Morgan fingerprint density at radius 2 is 1.89 bits per heavy atom. The van der Waals surface area contributed by atoms with Gasteiger partial charge in [0.05, 0.1) is 21.9 Å². The van der Waals surface area contributed by atoms with Gasteiger partial charge in [-0.25, -0.2) is 4.98 Å².